The van der Waals surface area contributed by atoms with E-state index < -0.39 is 0 Å². The molecule has 0 unspecified atom stereocenters. The van der Waals surface area contributed by atoms with E-state index in [1.807, 2.05) is 28.8 Å². The van der Waals surface area contributed by atoms with Crippen LogP contribution in [0, 0.1) is 0 Å². The van der Waals surface area contributed by atoms with E-state index in [1.54, 1.807) is 12.1 Å². The monoisotopic (exact) mass is 570 g/mol. The zero-order valence-corrected chi connectivity index (χ0v) is 20.9. The van der Waals surface area contributed by atoms with Crippen molar-refractivity contribution in [2.45, 2.75) is 31.7 Å². The quantitative estimate of drug-likeness (QED) is 0.316. The van der Waals surface area contributed by atoms with Crippen molar-refractivity contribution < 1.29 is 4.79 Å². The molecule has 0 radical (unpaired) electrons. The molecule has 2 aromatic carbocycles. The number of aromatic amines is 1. The van der Waals surface area contributed by atoms with Crippen LogP contribution in [0.2, 0.25) is 0 Å². The zero-order valence-electron chi connectivity index (χ0n) is 16.9. The van der Waals surface area contributed by atoms with Gasteiger partial charge in [0, 0.05) is 40.1 Å². The summed E-state index contributed by atoms with van der Waals surface area (Å²) in [7, 11) is 0. The molecule has 9 heteroatoms. The van der Waals surface area contributed by atoms with Crippen LogP contribution < -0.4 is 11.4 Å². The normalized spacial score (nSPS) is 15.2. The van der Waals surface area contributed by atoms with Crippen LogP contribution in [0.15, 0.2) is 50.1 Å². The number of ketones is 1. The number of Topliss-reactive ketones (excluding diaryl/α,β-unsaturated/α-hetero) is 1. The number of para-hydroxylation sites is 2. The van der Waals surface area contributed by atoms with E-state index in [2.05, 4.69) is 41.7 Å². The van der Waals surface area contributed by atoms with Gasteiger partial charge in [0.15, 0.2) is 5.78 Å². The SMILES string of the molecule is Cl.Nc1c(Br)cc(C(=O)CCCN2CCC(n3c(=O)[nH]c4ccccc43)CC2)cc1Br. The molecular weight excluding hydrogens is 548 g/mol. The molecule has 3 aromatic rings. The average molecular weight is 573 g/mol. The van der Waals surface area contributed by atoms with Gasteiger partial charge in [-0.3, -0.25) is 9.36 Å². The number of likely N-dealkylation sites (tertiary alicyclic amines) is 1. The number of hydrogen-bond donors (Lipinski definition) is 2. The standard InChI is InChI=1S/C22H24Br2N4O2.ClH/c23-16-12-14(13-17(24)21(16)25)20(29)6-3-9-27-10-7-15(8-11-27)28-19-5-2-1-4-18(19)26-22(28)30;/h1-2,4-5,12-13,15H,3,6-11,25H2,(H,26,30);1H. The van der Waals surface area contributed by atoms with Crippen molar-refractivity contribution in [1.82, 2.24) is 14.5 Å². The summed E-state index contributed by atoms with van der Waals surface area (Å²) in [4.78, 5) is 30.3. The molecule has 3 N–H and O–H groups in total. The second-order valence-corrected chi connectivity index (χ2v) is 9.48. The molecule has 1 saturated heterocycles. The maximum Gasteiger partial charge on any atom is 0.326 e. The first-order chi connectivity index (χ1) is 14.4. The molecule has 0 aliphatic carbocycles. The summed E-state index contributed by atoms with van der Waals surface area (Å²) in [5.41, 5.74) is 9.01. The molecule has 1 fully saturated rings. The number of fused-ring (bicyclic) bond motifs is 1. The number of nitrogens with one attached hydrogen (secondary N) is 1. The van der Waals surface area contributed by atoms with Gasteiger partial charge < -0.3 is 15.6 Å². The van der Waals surface area contributed by atoms with Crippen molar-refractivity contribution >= 4 is 66.8 Å². The number of piperidine rings is 1. The highest BCUT2D eigenvalue weighted by Gasteiger charge is 2.23. The minimum atomic E-state index is -0.0268. The minimum Gasteiger partial charge on any atom is -0.397 e. The van der Waals surface area contributed by atoms with Gasteiger partial charge in [-0.25, -0.2) is 4.79 Å². The lowest BCUT2D eigenvalue weighted by Crippen LogP contribution is -2.37. The summed E-state index contributed by atoms with van der Waals surface area (Å²) in [6, 6.07) is 11.6. The number of nitrogens with zero attached hydrogens (tertiary/aromatic N) is 2. The largest absolute Gasteiger partial charge is 0.397 e. The summed E-state index contributed by atoms with van der Waals surface area (Å²) in [5, 5.41) is 0. The number of aromatic nitrogens is 2. The van der Waals surface area contributed by atoms with Gasteiger partial charge in [-0.2, -0.15) is 0 Å². The molecule has 2 heterocycles. The summed E-state index contributed by atoms with van der Waals surface area (Å²) in [5.74, 6) is 0.122. The van der Waals surface area contributed by atoms with Crippen molar-refractivity contribution in [3.8, 4) is 0 Å². The van der Waals surface area contributed by atoms with E-state index in [1.165, 1.54) is 0 Å². The fraction of sp³-hybridized carbons (Fsp3) is 0.364. The number of halogens is 3. The molecule has 0 bridgehead atoms. The fourth-order valence-electron chi connectivity index (χ4n) is 4.19. The molecule has 0 saturated carbocycles. The molecule has 6 nitrogen and oxygen atoms in total. The molecular formula is C22H25Br2ClN4O2. The van der Waals surface area contributed by atoms with Crippen LogP contribution in [-0.2, 0) is 0 Å². The molecule has 166 valence electrons. The van der Waals surface area contributed by atoms with Crippen LogP contribution in [0.5, 0.6) is 0 Å². The van der Waals surface area contributed by atoms with Gasteiger partial charge in [-0.1, -0.05) is 12.1 Å². The van der Waals surface area contributed by atoms with E-state index >= 15 is 0 Å². The molecule has 31 heavy (non-hydrogen) atoms. The third kappa shape index (κ3) is 5.25. The van der Waals surface area contributed by atoms with Crippen LogP contribution >= 0.6 is 44.3 Å². The van der Waals surface area contributed by atoms with E-state index in [0.717, 1.165) is 58.9 Å². The molecule has 1 aliphatic rings. The van der Waals surface area contributed by atoms with Gasteiger partial charge >= 0.3 is 5.69 Å². The Hall–Kier alpha value is -1.61. The maximum atomic E-state index is 12.5. The predicted molar refractivity (Wildman–Crippen MR) is 134 cm³/mol. The van der Waals surface area contributed by atoms with Crippen molar-refractivity contribution in [2.24, 2.45) is 0 Å². The van der Waals surface area contributed by atoms with Crippen LogP contribution in [-0.4, -0.2) is 39.9 Å². The molecule has 0 spiro atoms. The first-order valence-corrected chi connectivity index (χ1v) is 11.7. The maximum absolute atomic E-state index is 12.5. The van der Waals surface area contributed by atoms with Gasteiger partial charge in [0.25, 0.3) is 0 Å². The topological polar surface area (TPSA) is 84.1 Å². The van der Waals surface area contributed by atoms with Crippen LogP contribution in [0.1, 0.15) is 42.1 Å². The predicted octanol–water partition coefficient (Wildman–Crippen LogP) is 5.16. The molecule has 0 amide bonds. The lowest BCUT2D eigenvalue weighted by atomic mass is 10.0. The number of nitrogens with two attached hydrogens (primary N) is 1. The highest BCUT2D eigenvalue weighted by Crippen LogP contribution is 2.30. The lowest BCUT2D eigenvalue weighted by molar-refractivity contribution is 0.0970. The highest BCUT2D eigenvalue weighted by atomic mass is 79.9. The molecule has 4 rings (SSSR count). The average Bonchev–Trinajstić information content (AvgIpc) is 3.07. The Bertz CT molecular complexity index is 1110. The van der Waals surface area contributed by atoms with E-state index in [4.69, 9.17) is 5.73 Å². The van der Waals surface area contributed by atoms with E-state index in [-0.39, 0.29) is 29.9 Å². The van der Waals surface area contributed by atoms with Crippen LogP contribution in [0.25, 0.3) is 11.0 Å². The van der Waals surface area contributed by atoms with E-state index in [0.29, 0.717) is 17.7 Å². The number of carbonyl (C=O) groups is 1. The third-order valence-corrected chi connectivity index (χ3v) is 7.14. The second kappa shape index (κ2) is 10.3. The summed E-state index contributed by atoms with van der Waals surface area (Å²) in [6.45, 7) is 2.76. The smallest absolute Gasteiger partial charge is 0.326 e. The molecule has 1 aliphatic heterocycles. The number of imidazole rings is 1. The number of rotatable bonds is 6. The lowest BCUT2D eigenvalue weighted by Gasteiger charge is -2.32. The zero-order chi connectivity index (χ0) is 21.3. The second-order valence-electron chi connectivity index (χ2n) is 7.77. The summed E-state index contributed by atoms with van der Waals surface area (Å²) < 4.78 is 3.37. The Labute approximate surface area is 203 Å². The highest BCUT2D eigenvalue weighted by molar-refractivity contribution is 9.11. The van der Waals surface area contributed by atoms with Gasteiger partial charge in [-0.05, 0) is 81.9 Å². The van der Waals surface area contributed by atoms with Gasteiger partial charge in [0.05, 0.1) is 16.7 Å². The van der Waals surface area contributed by atoms with Gasteiger partial charge in [-0.15, -0.1) is 12.4 Å². The number of hydrogen-bond acceptors (Lipinski definition) is 4. The summed E-state index contributed by atoms with van der Waals surface area (Å²) in [6.07, 6.45) is 3.20. The number of nitrogen functional groups attached to an aromatic ring is 1. The van der Waals surface area contributed by atoms with Gasteiger partial charge in [0.1, 0.15) is 0 Å². The Morgan fingerprint density at radius 1 is 1.13 bits per heavy atom. The Morgan fingerprint density at radius 2 is 1.77 bits per heavy atom. The van der Waals surface area contributed by atoms with E-state index in [9.17, 15) is 9.59 Å². The van der Waals surface area contributed by atoms with Gasteiger partial charge in [0.2, 0.25) is 0 Å². The first-order valence-electron chi connectivity index (χ1n) is 10.1. The number of benzene rings is 2. The van der Waals surface area contributed by atoms with Crippen molar-refractivity contribution in [2.75, 3.05) is 25.4 Å². The fourth-order valence-corrected chi connectivity index (χ4v) is 5.38. The Morgan fingerprint density at radius 3 is 2.45 bits per heavy atom. The Balaban J connectivity index is 0.00000272. The van der Waals surface area contributed by atoms with Crippen LogP contribution in [0.4, 0.5) is 5.69 Å². The Kier molecular flexibility index (Phi) is 8.02. The third-order valence-electron chi connectivity index (χ3n) is 5.83. The van der Waals surface area contributed by atoms with Crippen molar-refractivity contribution in [3.63, 3.8) is 0 Å². The van der Waals surface area contributed by atoms with Crippen molar-refractivity contribution in [1.29, 1.82) is 0 Å². The molecule has 1 aromatic heterocycles. The number of H-pyrrole nitrogens is 1. The van der Waals surface area contributed by atoms with Crippen molar-refractivity contribution in [3.05, 3.63) is 61.4 Å². The number of carbonyl (C=O) groups excluding carboxylic acids is 1. The number of anilines is 1. The van der Waals surface area contributed by atoms with Crippen LogP contribution in [0.3, 0.4) is 0 Å². The molecule has 0 atom stereocenters. The summed E-state index contributed by atoms with van der Waals surface area (Å²) >= 11 is 6.79. The minimum absolute atomic E-state index is 0. The first kappa shape index (κ1) is 24.0.